The van der Waals surface area contributed by atoms with E-state index >= 15 is 0 Å². The quantitative estimate of drug-likeness (QED) is 0.120. The molecule has 10 heterocycles. The molecule has 0 nitrogen and oxygen atoms in total. The molecule has 0 radical (unpaired) electrons. The minimum atomic E-state index is -3.83. The SMILES string of the molecule is CCC(P(c1ccccc1)c1ccccc1)[C]12[CH]3[CH]4[CH]5[CH]1[Fe]45321678[CH]2[CH]1[CH]6[C]7(C(CC)P(c1ccccc1)c1ccccc1)[CH]28. The van der Waals surface area contributed by atoms with Crippen LogP contribution in [0.4, 0.5) is 0 Å². The second-order valence-corrected chi connectivity index (χ2v) is 45.9. The molecule has 10 atom stereocenters. The molecule has 14 rings (SSSR count). The third-order valence-electron chi connectivity index (χ3n) is 21.6. The molecule has 4 aromatic rings. The van der Waals surface area contributed by atoms with E-state index in [1.807, 2.05) is 0 Å². The molecule has 10 aliphatic rings. The third-order valence-corrected chi connectivity index (χ3v) is 71.8. The van der Waals surface area contributed by atoms with Crippen molar-refractivity contribution < 1.29 is 6.51 Å². The van der Waals surface area contributed by atoms with E-state index in [4.69, 9.17) is 0 Å². The molecule has 0 amide bonds. The predicted octanol–water partition coefficient (Wildman–Crippen LogP) is 9.94. The molecule has 10 aliphatic heterocycles. The van der Waals surface area contributed by atoms with E-state index in [1.165, 1.54) is 51.4 Å². The van der Waals surface area contributed by atoms with E-state index in [2.05, 4.69) is 135 Å². The first kappa shape index (κ1) is 22.7. The van der Waals surface area contributed by atoms with Gasteiger partial charge in [-0.25, -0.2) is 0 Å². The zero-order valence-electron chi connectivity index (χ0n) is 25.0. The topological polar surface area (TPSA) is 0 Å². The van der Waals surface area contributed by atoms with Crippen LogP contribution in [0.25, 0.3) is 0 Å². The van der Waals surface area contributed by atoms with Crippen LogP contribution < -0.4 is 21.2 Å². The monoisotopic (exact) mass is 638 g/mol. The summed E-state index contributed by atoms with van der Waals surface area (Å²) >= 11 is 0. The first-order valence-electron chi connectivity index (χ1n) is 17.0. The van der Waals surface area contributed by atoms with Crippen molar-refractivity contribution in [1.29, 1.82) is 0 Å². The van der Waals surface area contributed by atoms with Crippen molar-refractivity contribution in [3.05, 3.63) is 121 Å². The summed E-state index contributed by atoms with van der Waals surface area (Å²) in [6.45, 7) is 1.42. The second-order valence-electron chi connectivity index (χ2n) is 17.8. The fourth-order valence-electron chi connectivity index (χ4n) is 23.5. The summed E-state index contributed by atoms with van der Waals surface area (Å²) in [5.41, 5.74) is 1.85. The van der Waals surface area contributed by atoms with Gasteiger partial charge in [0, 0.05) is 0 Å². The number of hydrogen-bond donors (Lipinski definition) is 0. The zero-order valence-corrected chi connectivity index (χ0v) is 27.9. The molecular formula is C40H40FeP2. The van der Waals surface area contributed by atoms with Gasteiger partial charge in [-0.1, -0.05) is 0 Å². The molecule has 218 valence electrons. The molecule has 10 saturated heterocycles. The van der Waals surface area contributed by atoms with E-state index in [9.17, 15) is 0 Å². The number of benzene rings is 4. The molecule has 0 aliphatic carbocycles. The Morgan fingerprint density at radius 2 is 0.721 bits per heavy atom. The van der Waals surface area contributed by atoms with Crippen LogP contribution in [0.2, 0.25) is 47.2 Å². The average Bonchev–Trinajstić information content (AvgIpc) is 4.03. The van der Waals surface area contributed by atoms with Crippen LogP contribution in [-0.4, -0.2) is 11.3 Å². The van der Waals surface area contributed by atoms with Crippen LogP contribution in [-0.2, 0) is 6.51 Å². The molecule has 4 aromatic carbocycles. The zero-order chi connectivity index (χ0) is 28.1. The van der Waals surface area contributed by atoms with Crippen molar-refractivity contribution in [3.63, 3.8) is 0 Å². The molecular weight excluding hydrogens is 598 g/mol. The van der Waals surface area contributed by atoms with Gasteiger partial charge in [-0.3, -0.25) is 0 Å². The molecule has 1 spiro atoms. The average molecular weight is 639 g/mol. The van der Waals surface area contributed by atoms with Crippen molar-refractivity contribution in [2.24, 2.45) is 0 Å². The van der Waals surface area contributed by atoms with E-state index < -0.39 is 6.51 Å². The predicted molar refractivity (Wildman–Crippen MR) is 182 cm³/mol. The second kappa shape index (κ2) is 3.95. The van der Waals surface area contributed by atoms with Gasteiger partial charge in [-0.05, 0) is 0 Å². The van der Waals surface area contributed by atoms with Crippen LogP contribution in [0, 0.1) is 0 Å². The number of rotatable bonds is 10. The van der Waals surface area contributed by atoms with Crippen LogP contribution in [0.1, 0.15) is 26.7 Å². The number of fused-ring (bicyclic) bond motifs is 10. The summed E-state index contributed by atoms with van der Waals surface area (Å²) in [6, 6.07) is 47.7. The van der Waals surface area contributed by atoms with E-state index in [-0.39, 0.29) is 15.8 Å². The van der Waals surface area contributed by atoms with Gasteiger partial charge >= 0.3 is 250 Å². The molecule has 43 heavy (non-hydrogen) atoms. The van der Waals surface area contributed by atoms with Gasteiger partial charge < -0.3 is 0 Å². The van der Waals surface area contributed by atoms with Crippen molar-refractivity contribution in [2.45, 2.75) is 85.2 Å². The standard InChI is InChI=1S/2C20H20P.Fe/c2*1-2-20(17-11-9-10-12-17)21(18-13-5-3-6-14-18)19-15-7-4-8-16-19;/h2*3-16,20H,2H2,1H3;. The van der Waals surface area contributed by atoms with E-state index in [1.54, 1.807) is 21.2 Å². The van der Waals surface area contributed by atoms with E-state index in [0.29, 0.717) is 0 Å². The van der Waals surface area contributed by atoms with Crippen LogP contribution in [0.5, 0.6) is 0 Å². The fourth-order valence-corrected chi connectivity index (χ4v) is 113. The summed E-state index contributed by atoms with van der Waals surface area (Å²) in [5, 5.41) is 6.68. The summed E-state index contributed by atoms with van der Waals surface area (Å²) in [7, 11) is -0.658. The Balaban J connectivity index is 1.01. The third kappa shape index (κ3) is 0.671. The van der Waals surface area contributed by atoms with Gasteiger partial charge in [0.25, 0.3) is 0 Å². The summed E-state index contributed by atoms with van der Waals surface area (Å²) in [4.78, 5) is 10.4. The fraction of sp³-hybridized carbons (Fsp3) is 0.400. The first-order chi connectivity index (χ1) is 21.0. The maximum atomic E-state index is 2.63. The van der Waals surface area contributed by atoms with Gasteiger partial charge in [0.2, 0.25) is 0 Å². The normalized spacial score (nSPS) is 57.5. The summed E-state index contributed by atoms with van der Waals surface area (Å²) in [5.74, 6) is 0. The summed E-state index contributed by atoms with van der Waals surface area (Å²) < 4.78 is 1.70. The Morgan fingerprint density at radius 3 is 0.930 bits per heavy atom. The van der Waals surface area contributed by atoms with Crippen LogP contribution in [0.15, 0.2) is 121 Å². The van der Waals surface area contributed by atoms with Gasteiger partial charge in [0.05, 0.1) is 0 Å². The first-order valence-corrected chi connectivity index (χ1v) is 26.0. The molecule has 10 fully saturated rings. The molecule has 0 N–H and O–H groups in total. The summed E-state index contributed by atoms with van der Waals surface area (Å²) in [6.07, 6.45) is 2.82. The molecule has 0 saturated carbocycles. The Bertz CT molecular complexity index is 2040. The Hall–Kier alpha value is -1.74. The van der Waals surface area contributed by atoms with Gasteiger partial charge in [0.1, 0.15) is 0 Å². The Kier molecular flexibility index (Phi) is 2.09. The van der Waals surface area contributed by atoms with Gasteiger partial charge in [-0.15, -0.1) is 0 Å². The number of hydrogen-bond acceptors (Lipinski definition) is 0. The van der Waals surface area contributed by atoms with Gasteiger partial charge in [-0.2, -0.15) is 0 Å². The Morgan fingerprint density at radius 1 is 0.465 bits per heavy atom. The van der Waals surface area contributed by atoms with E-state index in [0.717, 1.165) is 19.9 Å². The van der Waals surface area contributed by atoms with Crippen LogP contribution in [0.3, 0.4) is 0 Å². The van der Waals surface area contributed by atoms with Crippen LogP contribution >= 0.6 is 15.8 Å². The van der Waals surface area contributed by atoms with Crippen molar-refractivity contribution in [2.75, 3.05) is 0 Å². The maximum absolute atomic E-state index is 3.83. The molecule has 10 unspecified atom stereocenters. The Labute approximate surface area is 248 Å². The van der Waals surface area contributed by atoms with Crippen molar-refractivity contribution >= 4 is 37.1 Å². The van der Waals surface area contributed by atoms with Crippen molar-refractivity contribution in [1.82, 2.24) is 0 Å². The molecule has 0 aromatic heterocycles. The molecule has 0 bridgehead atoms. The van der Waals surface area contributed by atoms with Gasteiger partial charge in [0.15, 0.2) is 0 Å². The van der Waals surface area contributed by atoms with Crippen molar-refractivity contribution in [3.8, 4) is 0 Å². The molecule has 3 heteroatoms. The minimum absolute atomic E-state index is 0.329.